The van der Waals surface area contributed by atoms with Crippen LogP contribution in [0.1, 0.15) is 81.8 Å². The van der Waals surface area contributed by atoms with Gasteiger partial charge in [0, 0.05) is 51.4 Å². The second-order valence-corrected chi connectivity index (χ2v) is 14.0. The molecule has 1 saturated heterocycles. The van der Waals surface area contributed by atoms with E-state index in [-0.39, 0.29) is 29.5 Å². The van der Waals surface area contributed by atoms with Gasteiger partial charge < -0.3 is 30.5 Å². The topological polar surface area (TPSA) is 138 Å². The summed E-state index contributed by atoms with van der Waals surface area (Å²) in [6.45, 7) is 9.78. The number of benzene rings is 1. The highest BCUT2D eigenvalue weighted by Crippen LogP contribution is 2.51. The molecular weight excluding hydrogens is 629 g/mol. The van der Waals surface area contributed by atoms with E-state index in [9.17, 15) is 19.2 Å². The average molecular weight is 682 g/mol. The summed E-state index contributed by atoms with van der Waals surface area (Å²) in [5, 5.41) is 12.8. The Hall–Kier alpha value is -3.84. The number of amides is 4. The second kappa shape index (κ2) is 15.8. The molecule has 1 aromatic carbocycles. The maximum Gasteiger partial charge on any atom is 0.270 e. The molecule has 3 fully saturated rings. The minimum atomic E-state index is -0.957. The largest absolute Gasteiger partial charge is 0.372 e. The van der Waals surface area contributed by atoms with E-state index in [2.05, 4.69) is 25.9 Å². The van der Waals surface area contributed by atoms with Crippen LogP contribution < -0.4 is 16.0 Å². The summed E-state index contributed by atoms with van der Waals surface area (Å²) in [6, 6.07) is 4.44. The Morgan fingerprint density at radius 2 is 1.69 bits per heavy atom. The summed E-state index contributed by atoms with van der Waals surface area (Å²) < 4.78 is 22.8. The number of likely N-dealkylation sites (N-methyl/N-ethyl adjacent to an activating group) is 1. The Bertz CT molecular complexity index is 1490. The van der Waals surface area contributed by atoms with Crippen molar-refractivity contribution in [2.45, 2.75) is 96.5 Å². The molecule has 4 amide bonds. The molecule has 49 heavy (non-hydrogen) atoms. The Morgan fingerprint density at radius 1 is 1.00 bits per heavy atom. The third kappa shape index (κ3) is 8.49. The molecule has 0 radical (unpaired) electrons. The highest BCUT2D eigenvalue weighted by molar-refractivity contribution is 6.01. The van der Waals surface area contributed by atoms with Gasteiger partial charge in [-0.2, -0.15) is 5.10 Å². The van der Waals surface area contributed by atoms with Crippen molar-refractivity contribution in [3.8, 4) is 0 Å². The number of halogens is 1. The standard InChI is InChI=1S/C36H52FN7O5/c1-7-29(49-6)34(46)40-31(36(48)43-18-17-42(5)21(3)20-43)22(4)25-13-14-27(26(37)19-25)39-35(47)32(30(23-9-10-23)24-11-12-24)41-33(45)28-15-16-38-44(28)8-2/h13-16,19,21-24,29-32H,7-12,17-18,20H2,1-6H3,(H,39,47)(H,40,46)(H,41,45)/t21-,22+,29+,31-,32+/m1/s1. The third-order valence-corrected chi connectivity index (χ3v) is 10.6. The molecule has 268 valence electrons. The maximum absolute atomic E-state index is 15.9. The predicted molar refractivity (Wildman–Crippen MR) is 183 cm³/mol. The van der Waals surface area contributed by atoms with Crippen LogP contribution in [-0.2, 0) is 25.7 Å². The Balaban J connectivity index is 1.35. The summed E-state index contributed by atoms with van der Waals surface area (Å²) in [5.41, 5.74) is 0.843. The van der Waals surface area contributed by atoms with Crippen LogP contribution in [0.15, 0.2) is 30.5 Å². The maximum atomic E-state index is 15.9. The van der Waals surface area contributed by atoms with Gasteiger partial charge in [-0.15, -0.1) is 0 Å². The van der Waals surface area contributed by atoms with Crippen molar-refractivity contribution in [3.05, 3.63) is 47.5 Å². The molecule has 5 rings (SSSR count). The van der Waals surface area contributed by atoms with Gasteiger partial charge in [-0.3, -0.25) is 23.9 Å². The Labute approximate surface area is 288 Å². The number of methoxy groups -OCH3 is 1. The molecule has 0 spiro atoms. The lowest BCUT2D eigenvalue weighted by molar-refractivity contribution is -0.142. The molecule has 1 aliphatic heterocycles. The van der Waals surface area contributed by atoms with Gasteiger partial charge in [-0.25, -0.2) is 4.39 Å². The van der Waals surface area contributed by atoms with Crippen LogP contribution in [-0.4, -0.2) is 101 Å². The third-order valence-electron chi connectivity index (χ3n) is 10.6. The number of nitrogens with one attached hydrogen (secondary N) is 3. The molecule has 1 aromatic heterocycles. The van der Waals surface area contributed by atoms with E-state index in [1.807, 2.05) is 27.8 Å². The van der Waals surface area contributed by atoms with Crippen LogP contribution in [0.4, 0.5) is 10.1 Å². The zero-order valence-electron chi connectivity index (χ0n) is 29.6. The number of anilines is 1. The highest BCUT2D eigenvalue weighted by atomic mass is 19.1. The van der Waals surface area contributed by atoms with Gasteiger partial charge in [0.25, 0.3) is 5.91 Å². The fourth-order valence-corrected chi connectivity index (χ4v) is 7.09. The van der Waals surface area contributed by atoms with E-state index in [0.717, 1.165) is 25.7 Å². The lowest BCUT2D eigenvalue weighted by Gasteiger charge is -2.40. The number of carbonyl (C=O) groups is 4. The molecular formula is C36H52FN7O5. The molecule has 2 aromatic rings. The highest BCUT2D eigenvalue weighted by Gasteiger charge is 2.48. The predicted octanol–water partition coefficient (Wildman–Crippen LogP) is 3.39. The van der Waals surface area contributed by atoms with Crippen LogP contribution in [0.25, 0.3) is 0 Å². The summed E-state index contributed by atoms with van der Waals surface area (Å²) in [5.74, 6) is -2.11. The fourth-order valence-electron chi connectivity index (χ4n) is 7.09. The Kier molecular flexibility index (Phi) is 11.7. The molecule has 13 heteroatoms. The lowest BCUT2D eigenvalue weighted by atomic mass is 9.88. The van der Waals surface area contributed by atoms with Crippen molar-refractivity contribution in [2.75, 3.05) is 39.1 Å². The van der Waals surface area contributed by atoms with Gasteiger partial charge in [0.15, 0.2) is 0 Å². The van der Waals surface area contributed by atoms with Gasteiger partial charge >= 0.3 is 0 Å². The molecule has 2 saturated carbocycles. The number of ether oxygens (including phenoxy) is 1. The normalized spacial score (nSPS) is 20.7. The van der Waals surface area contributed by atoms with Gasteiger partial charge in [0.1, 0.15) is 29.7 Å². The van der Waals surface area contributed by atoms with Crippen molar-refractivity contribution in [1.82, 2.24) is 30.2 Å². The monoisotopic (exact) mass is 681 g/mol. The zero-order valence-corrected chi connectivity index (χ0v) is 29.6. The number of carbonyl (C=O) groups excluding carboxylic acids is 4. The average Bonchev–Trinajstić information content (AvgIpc) is 4.04. The molecule has 5 atom stereocenters. The van der Waals surface area contributed by atoms with E-state index >= 15 is 4.39 Å². The second-order valence-electron chi connectivity index (χ2n) is 14.0. The summed E-state index contributed by atoms with van der Waals surface area (Å²) in [7, 11) is 3.46. The summed E-state index contributed by atoms with van der Waals surface area (Å²) >= 11 is 0. The van der Waals surface area contributed by atoms with Crippen LogP contribution in [0.5, 0.6) is 0 Å². The van der Waals surface area contributed by atoms with E-state index in [1.54, 1.807) is 34.8 Å². The van der Waals surface area contributed by atoms with Crippen LogP contribution in [0, 0.1) is 23.6 Å². The molecule has 2 heterocycles. The smallest absolute Gasteiger partial charge is 0.270 e. The molecule has 3 aliphatic rings. The SMILES string of the molecule is CC[C@H](OC)C(=O)N[C@@H](C(=O)N1CCN(C)[C@H](C)C1)[C@@H](C)c1ccc(NC(=O)[C@@H](NC(=O)c2ccnn2CC)C(C2CC2)C2CC2)c(F)c1. The Morgan fingerprint density at radius 3 is 2.27 bits per heavy atom. The fraction of sp³-hybridized carbons (Fsp3) is 0.639. The number of hydrogen-bond donors (Lipinski definition) is 3. The van der Waals surface area contributed by atoms with Crippen LogP contribution in [0.3, 0.4) is 0 Å². The van der Waals surface area contributed by atoms with Crippen molar-refractivity contribution < 1.29 is 28.3 Å². The number of aryl methyl sites for hydroxylation is 1. The zero-order chi connectivity index (χ0) is 35.4. The van der Waals surface area contributed by atoms with Gasteiger partial charge in [-0.05, 0) is 94.5 Å². The van der Waals surface area contributed by atoms with Gasteiger partial charge in [0.05, 0.1) is 5.69 Å². The lowest BCUT2D eigenvalue weighted by Crippen LogP contribution is -2.58. The minimum Gasteiger partial charge on any atom is -0.372 e. The molecule has 0 bridgehead atoms. The number of piperazine rings is 1. The number of aromatic nitrogens is 2. The minimum absolute atomic E-state index is 0.0191. The van der Waals surface area contributed by atoms with Crippen LogP contribution in [0.2, 0.25) is 0 Å². The van der Waals surface area contributed by atoms with E-state index < -0.39 is 41.7 Å². The van der Waals surface area contributed by atoms with Crippen molar-refractivity contribution in [3.63, 3.8) is 0 Å². The number of hydrogen-bond acceptors (Lipinski definition) is 7. The van der Waals surface area contributed by atoms with E-state index in [1.165, 1.54) is 19.2 Å². The first-order valence-electron chi connectivity index (χ1n) is 17.7. The first kappa shape index (κ1) is 36.4. The van der Waals surface area contributed by atoms with Crippen molar-refractivity contribution in [2.24, 2.45) is 17.8 Å². The first-order valence-corrected chi connectivity index (χ1v) is 17.7. The first-order chi connectivity index (χ1) is 23.5. The van der Waals surface area contributed by atoms with Gasteiger partial charge in [-0.1, -0.05) is 19.9 Å². The van der Waals surface area contributed by atoms with Gasteiger partial charge in [0.2, 0.25) is 17.7 Å². The molecule has 2 aliphatic carbocycles. The quantitative estimate of drug-likeness (QED) is 0.262. The van der Waals surface area contributed by atoms with E-state index in [4.69, 9.17) is 4.74 Å². The summed E-state index contributed by atoms with van der Waals surface area (Å²) in [4.78, 5) is 58.2. The van der Waals surface area contributed by atoms with Crippen molar-refractivity contribution >= 4 is 29.3 Å². The molecule has 12 nitrogen and oxygen atoms in total. The number of rotatable bonds is 15. The summed E-state index contributed by atoms with van der Waals surface area (Å²) in [6.07, 6.45) is 5.26. The van der Waals surface area contributed by atoms with E-state index in [0.29, 0.717) is 55.7 Å². The molecule has 0 unspecified atom stereocenters. The molecule has 3 N–H and O–H groups in total. The van der Waals surface area contributed by atoms with Crippen LogP contribution >= 0.6 is 0 Å². The van der Waals surface area contributed by atoms with Crippen molar-refractivity contribution in [1.29, 1.82) is 0 Å². The number of nitrogens with zero attached hydrogens (tertiary/aromatic N) is 4.